The van der Waals surface area contributed by atoms with Crippen molar-refractivity contribution in [1.29, 1.82) is 0 Å². The van der Waals surface area contributed by atoms with Crippen molar-refractivity contribution in [2.24, 2.45) is 5.73 Å². The standard InChI is InChI=1S/C12H17N3O2/c1-9-2-3-11(15(16)17)12(8-9)14-6-4-10(13)5-7-14/h2-3,8,10H,4-7,13H2,1H3. The van der Waals surface area contributed by atoms with Crippen molar-refractivity contribution in [3.63, 3.8) is 0 Å². The van der Waals surface area contributed by atoms with E-state index in [-0.39, 0.29) is 16.7 Å². The van der Waals surface area contributed by atoms with Crippen LogP contribution >= 0.6 is 0 Å². The molecule has 0 amide bonds. The molecule has 5 heteroatoms. The van der Waals surface area contributed by atoms with E-state index in [9.17, 15) is 10.1 Å². The molecule has 0 spiro atoms. The van der Waals surface area contributed by atoms with E-state index in [0.717, 1.165) is 37.2 Å². The summed E-state index contributed by atoms with van der Waals surface area (Å²) in [6.07, 6.45) is 1.79. The Kier molecular flexibility index (Phi) is 3.28. The number of nitrogens with two attached hydrogens (primary N) is 1. The van der Waals surface area contributed by atoms with Crippen LogP contribution in [0.5, 0.6) is 0 Å². The van der Waals surface area contributed by atoms with Gasteiger partial charge in [-0.05, 0) is 31.4 Å². The highest BCUT2D eigenvalue weighted by Gasteiger charge is 2.23. The highest BCUT2D eigenvalue weighted by molar-refractivity contribution is 5.64. The van der Waals surface area contributed by atoms with Crippen LogP contribution in [-0.4, -0.2) is 24.1 Å². The molecule has 1 heterocycles. The first kappa shape index (κ1) is 11.9. The Morgan fingerprint density at radius 3 is 2.65 bits per heavy atom. The van der Waals surface area contributed by atoms with E-state index in [4.69, 9.17) is 5.73 Å². The molecule has 1 saturated heterocycles. The van der Waals surface area contributed by atoms with E-state index in [1.165, 1.54) is 0 Å². The van der Waals surface area contributed by atoms with Gasteiger partial charge < -0.3 is 10.6 Å². The average molecular weight is 235 g/mol. The van der Waals surface area contributed by atoms with Gasteiger partial charge in [0.1, 0.15) is 5.69 Å². The predicted octanol–water partition coefficient (Wildman–Crippen LogP) is 1.83. The highest BCUT2D eigenvalue weighted by atomic mass is 16.6. The Morgan fingerprint density at radius 1 is 1.41 bits per heavy atom. The third kappa shape index (κ3) is 2.55. The van der Waals surface area contributed by atoms with Gasteiger partial charge in [0.15, 0.2) is 0 Å². The van der Waals surface area contributed by atoms with Gasteiger partial charge >= 0.3 is 0 Å². The maximum absolute atomic E-state index is 11.0. The number of nitrogens with zero attached hydrogens (tertiary/aromatic N) is 2. The number of nitro groups is 1. The number of benzene rings is 1. The molecule has 2 rings (SSSR count). The van der Waals surface area contributed by atoms with Crippen LogP contribution in [0.15, 0.2) is 18.2 Å². The molecule has 1 aromatic carbocycles. The number of piperidine rings is 1. The fraction of sp³-hybridized carbons (Fsp3) is 0.500. The topological polar surface area (TPSA) is 72.4 Å². The van der Waals surface area contributed by atoms with Gasteiger partial charge in [0.2, 0.25) is 0 Å². The minimum absolute atomic E-state index is 0.186. The van der Waals surface area contributed by atoms with E-state index >= 15 is 0 Å². The molecule has 0 atom stereocenters. The number of hydrogen-bond donors (Lipinski definition) is 1. The molecular formula is C12H17N3O2. The summed E-state index contributed by atoms with van der Waals surface area (Å²) in [7, 11) is 0. The quantitative estimate of drug-likeness (QED) is 0.627. The third-order valence-electron chi connectivity index (χ3n) is 3.21. The van der Waals surface area contributed by atoms with Crippen LogP contribution in [0.2, 0.25) is 0 Å². The lowest BCUT2D eigenvalue weighted by Gasteiger charge is -2.31. The zero-order valence-corrected chi connectivity index (χ0v) is 9.93. The second-order valence-corrected chi connectivity index (χ2v) is 4.57. The molecule has 1 aliphatic rings. The van der Waals surface area contributed by atoms with Crippen LogP contribution in [0.1, 0.15) is 18.4 Å². The molecule has 92 valence electrons. The second-order valence-electron chi connectivity index (χ2n) is 4.57. The van der Waals surface area contributed by atoms with Gasteiger partial charge in [0.05, 0.1) is 4.92 Å². The molecule has 2 N–H and O–H groups in total. The highest BCUT2D eigenvalue weighted by Crippen LogP contribution is 2.30. The molecule has 0 aromatic heterocycles. The van der Waals surface area contributed by atoms with Gasteiger partial charge in [0.25, 0.3) is 5.69 Å². The lowest BCUT2D eigenvalue weighted by Crippen LogP contribution is -2.39. The zero-order chi connectivity index (χ0) is 12.4. The smallest absolute Gasteiger partial charge is 0.292 e. The van der Waals surface area contributed by atoms with Crippen LogP contribution in [-0.2, 0) is 0 Å². The SMILES string of the molecule is Cc1ccc([N+](=O)[O-])c(N2CCC(N)CC2)c1. The molecule has 5 nitrogen and oxygen atoms in total. The first-order valence-electron chi connectivity index (χ1n) is 5.83. The molecular weight excluding hydrogens is 218 g/mol. The number of aryl methyl sites for hydroxylation is 1. The van der Waals surface area contributed by atoms with Crippen molar-refractivity contribution < 1.29 is 4.92 Å². The van der Waals surface area contributed by atoms with Crippen molar-refractivity contribution in [2.75, 3.05) is 18.0 Å². The zero-order valence-electron chi connectivity index (χ0n) is 9.93. The van der Waals surface area contributed by atoms with E-state index in [1.54, 1.807) is 12.1 Å². The summed E-state index contributed by atoms with van der Waals surface area (Å²) in [5.41, 5.74) is 7.79. The summed E-state index contributed by atoms with van der Waals surface area (Å²) >= 11 is 0. The summed E-state index contributed by atoms with van der Waals surface area (Å²) in [5, 5.41) is 11.0. The maximum atomic E-state index is 11.0. The molecule has 1 aromatic rings. The first-order chi connectivity index (χ1) is 8.08. The van der Waals surface area contributed by atoms with Crippen molar-refractivity contribution in [3.8, 4) is 0 Å². The number of hydrogen-bond acceptors (Lipinski definition) is 4. The Morgan fingerprint density at radius 2 is 2.06 bits per heavy atom. The Bertz CT molecular complexity index is 426. The number of anilines is 1. The van der Waals surface area contributed by atoms with E-state index in [2.05, 4.69) is 4.90 Å². The largest absolute Gasteiger partial charge is 0.366 e. The van der Waals surface area contributed by atoms with Gasteiger partial charge in [-0.3, -0.25) is 10.1 Å². The van der Waals surface area contributed by atoms with E-state index in [0.29, 0.717) is 0 Å². The molecule has 0 bridgehead atoms. The summed E-state index contributed by atoms with van der Waals surface area (Å²) in [6.45, 7) is 3.54. The van der Waals surface area contributed by atoms with Gasteiger partial charge in [-0.15, -0.1) is 0 Å². The molecule has 0 radical (unpaired) electrons. The molecule has 1 aliphatic heterocycles. The molecule has 0 aliphatic carbocycles. The van der Waals surface area contributed by atoms with Crippen LogP contribution in [0.25, 0.3) is 0 Å². The van der Waals surface area contributed by atoms with Crippen LogP contribution < -0.4 is 10.6 Å². The van der Waals surface area contributed by atoms with E-state index in [1.807, 2.05) is 13.0 Å². The summed E-state index contributed by atoms with van der Waals surface area (Å²) in [6, 6.07) is 5.47. The Labute approximate surface area is 100 Å². The number of rotatable bonds is 2. The van der Waals surface area contributed by atoms with Gasteiger partial charge in [-0.1, -0.05) is 6.07 Å². The van der Waals surface area contributed by atoms with Crippen molar-refractivity contribution in [1.82, 2.24) is 0 Å². The average Bonchev–Trinajstić information content (AvgIpc) is 2.29. The van der Waals surface area contributed by atoms with Gasteiger partial charge in [0, 0.05) is 25.2 Å². The predicted molar refractivity (Wildman–Crippen MR) is 67.3 cm³/mol. The van der Waals surface area contributed by atoms with Crippen LogP contribution in [0.4, 0.5) is 11.4 Å². The monoisotopic (exact) mass is 235 g/mol. The van der Waals surface area contributed by atoms with E-state index < -0.39 is 0 Å². The Hall–Kier alpha value is -1.62. The first-order valence-corrected chi connectivity index (χ1v) is 5.83. The van der Waals surface area contributed by atoms with Gasteiger partial charge in [-0.2, -0.15) is 0 Å². The Balaban J connectivity index is 2.30. The maximum Gasteiger partial charge on any atom is 0.292 e. The normalized spacial score (nSPS) is 17.2. The van der Waals surface area contributed by atoms with Crippen LogP contribution in [0.3, 0.4) is 0 Å². The lowest BCUT2D eigenvalue weighted by molar-refractivity contribution is -0.384. The molecule has 0 unspecified atom stereocenters. The fourth-order valence-electron chi connectivity index (χ4n) is 2.18. The van der Waals surface area contributed by atoms with Crippen LogP contribution in [0, 0.1) is 17.0 Å². The molecule has 17 heavy (non-hydrogen) atoms. The van der Waals surface area contributed by atoms with Gasteiger partial charge in [-0.25, -0.2) is 0 Å². The van der Waals surface area contributed by atoms with Crippen molar-refractivity contribution in [3.05, 3.63) is 33.9 Å². The number of nitro benzene ring substituents is 1. The summed E-state index contributed by atoms with van der Waals surface area (Å²) < 4.78 is 0. The summed E-state index contributed by atoms with van der Waals surface area (Å²) in [5.74, 6) is 0. The summed E-state index contributed by atoms with van der Waals surface area (Å²) in [4.78, 5) is 12.7. The molecule has 1 fully saturated rings. The van der Waals surface area contributed by atoms with Crippen molar-refractivity contribution in [2.45, 2.75) is 25.8 Å². The lowest BCUT2D eigenvalue weighted by atomic mass is 10.0. The second kappa shape index (κ2) is 4.71. The molecule has 0 saturated carbocycles. The third-order valence-corrected chi connectivity index (χ3v) is 3.21. The minimum Gasteiger partial charge on any atom is -0.366 e. The minimum atomic E-state index is -0.316. The van der Waals surface area contributed by atoms with Crippen molar-refractivity contribution >= 4 is 11.4 Å². The fourth-order valence-corrected chi connectivity index (χ4v) is 2.18.